The zero-order valence-electron chi connectivity index (χ0n) is 17.2. The van der Waals surface area contributed by atoms with Crippen LogP contribution in [0.4, 0.5) is 4.39 Å². The second-order valence-corrected chi connectivity index (χ2v) is 7.45. The molecule has 0 saturated heterocycles. The Kier molecular flexibility index (Phi) is 5.98. The van der Waals surface area contributed by atoms with E-state index >= 15 is 0 Å². The van der Waals surface area contributed by atoms with Crippen LogP contribution in [0.1, 0.15) is 35.7 Å². The van der Waals surface area contributed by atoms with Crippen molar-refractivity contribution in [2.24, 2.45) is 0 Å². The summed E-state index contributed by atoms with van der Waals surface area (Å²) in [6, 6.07) is 17.0. The molecule has 0 aliphatic carbocycles. The predicted octanol–water partition coefficient (Wildman–Crippen LogP) is 5.13. The van der Waals surface area contributed by atoms with Crippen LogP contribution in [0.25, 0.3) is 22.3 Å². The Morgan fingerprint density at radius 2 is 1.87 bits per heavy atom. The average molecular weight is 418 g/mol. The van der Waals surface area contributed by atoms with Crippen LogP contribution >= 0.6 is 0 Å². The second-order valence-electron chi connectivity index (χ2n) is 7.45. The van der Waals surface area contributed by atoms with Crippen LogP contribution in [0.2, 0.25) is 0 Å². The molecule has 5 nitrogen and oxygen atoms in total. The number of aryl methyl sites for hydroxylation is 1. The molecule has 4 rings (SSSR count). The number of pyridine rings is 1. The monoisotopic (exact) mass is 418 g/mol. The summed E-state index contributed by atoms with van der Waals surface area (Å²) in [5.74, 6) is -0.219. The predicted molar refractivity (Wildman–Crippen MR) is 118 cm³/mol. The Labute approximate surface area is 179 Å². The van der Waals surface area contributed by atoms with Crippen LogP contribution in [-0.4, -0.2) is 10.5 Å². The van der Waals surface area contributed by atoms with Crippen molar-refractivity contribution >= 4 is 16.9 Å². The molecule has 31 heavy (non-hydrogen) atoms. The van der Waals surface area contributed by atoms with Gasteiger partial charge in [-0.15, -0.1) is 0 Å². The van der Waals surface area contributed by atoms with Gasteiger partial charge in [0.1, 0.15) is 22.7 Å². The third kappa shape index (κ3) is 4.58. The molecule has 0 aliphatic heterocycles. The quantitative estimate of drug-likeness (QED) is 0.452. The van der Waals surface area contributed by atoms with E-state index in [1.807, 2.05) is 37.3 Å². The average Bonchev–Trinajstić information content (AvgIpc) is 3.22. The Morgan fingerprint density at radius 1 is 1.10 bits per heavy atom. The largest absolute Gasteiger partial charge is 0.456 e. The fourth-order valence-corrected chi connectivity index (χ4v) is 3.43. The fraction of sp³-hybridized carbons (Fsp3) is 0.200. The summed E-state index contributed by atoms with van der Waals surface area (Å²) in [6.07, 6.45) is 3.49. The number of unbranched alkanes of at least 4 members (excludes halogenated alkanes) is 1. The van der Waals surface area contributed by atoms with Crippen molar-refractivity contribution in [1.29, 1.82) is 0 Å². The number of fused-ring (bicyclic) bond motifs is 1. The molecule has 2 heterocycles. The van der Waals surface area contributed by atoms with Gasteiger partial charge in [0.15, 0.2) is 0 Å². The molecule has 0 aliphatic rings. The molecule has 6 heteroatoms. The third-order valence-corrected chi connectivity index (χ3v) is 5.16. The number of nitrogens with zero attached hydrogens (tertiary/aromatic N) is 1. The summed E-state index contributed by atoms with van der Waals surface area (Å²) in [7, 11) is 0. The smallest absolute Gasteiger partial charge is 0.263 e. The lowest BCUT2D eigenvalue weighted by Gasteiger charge is -2.11. The van der Waals surface area contributed by atoms with Gasteiger partial charge in [0, 0.05) is 30.2 Å². The molecule has 1 amide bonds. The first-order valence-corrected chi connectivity index (χ1v) is 10.3. The van der Waals surface area contributed by atoms with E-state index in [9.17, 15) is 14.0 Å². The number of hydrogen-bond acceptors (Lipinski definition) is 3. The number of aromatic nitrogens is 1. The SMILES string of the molecule is CCCCn1cc(-c2cc3ccccc3o2)cc(C(=O)NCc2ccc(F)cc2)c1=O. The molecule has 0 bridgehead atoms. The van der Waals surface area contributed by atoms with Crippen molar-refractivity contribution in [2.75, 3.05) is 0 Å². The van der Waals surface area contributed by atoms with E-state index in [0.717, 1.165) is 29.4 Å². The highest BCUT2D eigenvalue weighted by Gasteiger charge is 2.17. The van der Waals surface area contributed by atoms with Crippen molar-refractivity contribution in [3.05, 3.63) is 94.2 Å². The van der Waals surface area contributed by atoms with Gasteiger partial charge in [-0.05, 0) is 42.3 Å². The molecular formula is C25H23FN2O3. The van der Waals surface area contributed by atoms with Crippen LogP contribution in [0.5, 0.6) is 0 Å². The first kappa shape index (κ1) is 20.6. The van der Waals surface area contributed by atoms with Gasteiger partial charge >= 0.3 is 0 Å². The molecule has 0 unspecified atom stereocenters. The number of hydrogen-bond donors (Lipinski definition) is 1. The second kappa shape index (κ2) is 9.00. The number of carbonyl (C=O) groups excluding carboxylic acids is 1. The zero-order valence-corrected chi connectivity index (χ0v) is 17.2. The summed E-state index contributed by atoms with van der Waals surface area (Å²) >= 11 is 0. The van der Waals surface area contributed by atoms with E-state index < -0.39 is 5.91 Å². The number of rotatable bonds is 7. The number of halogens is 1. The molecule has 4 aromatic rings. The van der Waals surface area contributed by atoms with Crippen molar-refractivity contribution in [2.45, 2.75) is 32.9 Å². The number of nitrogens with one attached hydrogen (secondary N) is 1. The van der Waals surface area contributed by atoms with Gasteiger partial charge in [-0.2, -0.15) is 0 Å². The lowest BCUT2D eigenvalue weighted by Crippen LogP contribution is -2.33. The van der Waals surface area contributed by atoms with Crippen LogP contribution < -0.4 is 10.9 Å². The molecule has 0 radical (unpaired) electrons. The summed E-state index contributed by atoms with van der Waals surface area (Å²) in [5, 5.41) is 3.71. The van der Waals surface area contributed by atoms with Crippen LogP contribution in [0.3, 0.4) is 0 Å². The maximum atomic E-state index is 13.1. The van der Waals surface area contributed by atoms with E-state index in [0.29, 0.717) is 17.9 Å². The van der Waals surface area contributed by atoms with Gasteiger partial charge in [0.25, 0.3) is 11.5 Å². The van der Waals surface area contributed by atoms with Crippen molar-refractivity contribution in [1.82, 2.24) is 9.88 Å². The number of carbonyl (C=O) groups is 1. The summed E-state index contributed by atoms with van der Waals surface area (Å²) in [5.41, 5.74) is 1.86. The molecule has 0 saturated carbocycles. The standard InChI is InChI=1S/C25H23FN2O3/c1-2-3-12-28-16-19(23-14-18-6-4-5-7-22(18)31-23)13-21(25(28)30)24(29)27-15-17-8-10-20(26)11-9-17/h4-11,13-14,16H,2-3,12,15H2,1H3,(H,27,29). The summed E-state index contributed by atoms with van der Waals surface area (Å²) in [6.45, 7) is 2.76. The van der Waals surface area contributed by atoms with Crippen LogP contribution in [0.15, 0.2) is 76.1 Å². The topological polar surface area (TPSA) is 64.2 Å². The van der Waals surface area contributed by atoms with Crippen molar-refractivity contribution in [3.63, 3.8) is 0 Å². The number of para-hydroxylation sites is 1. The Morgan fingerprint density at radius 3 is 2.61 bits per heavy atom. The highest BCUT2D eigenvalue weighted by molar-refractivity contribution is 5.95. The highest BCUT2D eigenvalue weighted by Crippen LogP contribution is 2.27. The minimum absolute atomic E-state index is 0.0520. The van der Waals surface area contributed by atoms with Crippen LogP contribution in [-0.2, 0) is 13.1 Å². The molecule has 0 atom stereocenters. The van der Waals surface area contributed by atoms with Crippen LogP contribution in [0, 0.1) is 5.82 Å². The van der Waals surface area contributed by atoms with Gasteiger partial charge in [-0.3, -0.25) is 9.59 Å². The molecule has 2 aromatic heterocycles. The molecule has 158 valence electrons. The minimum atomic E-state index is -0.475. The lowest BCUT2D eigenvalue weighted by atomic mass is 10.1. The molecule has 1 N–H and O–H groups in total. The third-order valence-electron chi connectivity index (χ3n) is 5.16. The summed E-state index contributed by atoms with van der Waals surface area (Å²) in [4.78, 5) is 25.8. The number of furan rings is 1. The maximum absolute atomic E-state index is 13.1. The van der Waals surface area contributed by atoms with E-state index in [-0.39, 0.29) is 23.5 Å². The lowest BCUT2D eigenvalue weighted by molar-refractivity contribution is 0.0949. The number of amides is 1. The molecular weight excluding hydrogens is 395 g/mol. The van der Waals surface area contributed by atoms with Gasteiger partial charge in [0.2, 0.25) is 0 Å². The Bertz CT molecular complexity index is 1240. The van der Waals surface area contributed by atoms with Crippen molar-refractivity contribution < 1.29 is 13.6 Å². The van der Waals surface area contributed by atoms with Crippen molar-refractivity contribution in [3.8, 4) is 11.3 Å². The van der Waals surface area contributed by atoms with E-state index in [2.05, 4.69) is 5.32 Å². The summed E-state index contributed by atoms with van der Waals surface area (Å²) < 4.78 is 20.6. The van der Waals surface area contributed by atoms with E-state index in [1.165, 1.54) is 12.1 Å². The minimum Gasteiger partial charge on any atom is -0.456 e. The van der Waals surface area contributed by atoms with E-state index in [4.69, 9.17) is 4.42 Å². The molecule has 2 aromatic carbocycles. The van der Waals surface area contributed by atoms with Gasteiger partial charge in [-0.25, -0.2) is 4.39 Å². The zero-order chi connectivity index (χ0) is 21.8. The fourth-order valence-electron chi connectivity index (χ4n) is 3.43. The van der Waals surface area contributed by atoms with Gasteiger partial charge in [-0.1, -0.05) is 43.7 Å². The number of benzene rings is 2. The van der Waals surface area contributed by atoms with E-state index in [1.54, 1.807) is 29.0 Å². The first-order valence-electron chi connectivity index (χ1n) is 10.3. The van der Waals surface area contributed by atoms with Gasteiger partial charge < -0.3 is 14.3 Å². The Hall–Kier alpha value is -3.67. The van der Waals surface area contributed by atoms with Gasteiger partial charge in [0.05, 0.1) is 0 Å². The molecule has 0 fully saturated rings. The molecule has 0 spiro atoms. The normalized spacial score (nSPS) is 11.0. The Balaban J connectivity index is 1.68. The first-order chi connectivity index (χ1) is 15.0. The highest BCUT2D eigenvalue weighted by atomic mass is 19.1. The maximum Gasteiger partial charge on any atom is 0.263 e.